The van der Waals surface area contributed by atoms with E-state index >= 15 is 0 Å². The van der Waals surface area contributed by atoms with Crippen molar-refractivity contribution in [1.29, 1.82) is 0 Å². The normalized spacial score (nSPS) is 12.3. The lowest BCUT2D eigenvalue weighted by atomic mass is 10.1. The average molecular weight is 362 g/mol. The summed E-state index contributed by atoms with van der Waals surface area (Å²) in [7, 11) is 0. The third-order valence-corrected chi connectivity index (χ3v) is 5.19. The van der Waals surface area contributed by atoms with Crippen LogP contribution in [0.5, 0.6) is 0 Å². The molecule has 4 aromatic rings. The summed E-state index contributed by atoms with van der Waals surface area (Å²) in [5, 5.41) is 13.7. The van der Waals surface area contributed by atoms with Gasteiger partial charge in [0.15, 0.2) is 11.5 Å². The van der Waals surface area contributed by atoms with Crippen LogP contribution >= 0.6 is 11.8 Å². The number of nitrogens with zero attached hydrogens (tertiary/aromatic N) is 3. The molecule has 0 radical (unpaired) electrons. The standard InChI is InChI=1S/C20H18N4OS/c1-14(20-23-22-18-8-4-5-11-24(18)20)21-19(25)13-26-17-10-9-15-6-2-3-7-16(15)12-17/h2-12,14H,13H2,1H3,(H,21,25). The van der Waals surface area contributed by atoms with Gasteiger partial charge in [-0.3, -0.25) is 9.20 Å². The van der Waals surface area contributed by atoms with Gasteiger partial charge in [0.2, 0.25) is 5.91 Å². The molecule has 0 bridgehead atoms. The molecule has 2 aromatic carbocycles. The largest absolute Gasteiger partial charge is 0.346 e. The summed E-state index contributed by atoms with van der Waals surface area (Å²) in [4.78, 5) is 13.4. The van der Waals surface area contributed by atoms with Crippen molar-refractivity contribution in [3.63, 3.8) is 0 Å². The summed E-state index contributed by atoms with van der Waals surface area (Å²) in [6.45, 7) is 1.92. The molecule has 0 aliphatic rings. The Balaban J connectivity index is 1.40. The molecule has 2 aromatic heterocycles. The molecule has 1 atom stereocenters. The molecule has 5 nitrogen and oxygen atoms in total. The second-order valence-corrected chi connectivity index (χ2v) is 7.12. The maximum atomic E-state index is 12.3. The zero-order valence-corrected chi connectivity index (χ0v) is 15.1. The van der Waals surface area contributed by atoms with Crippen LogP contribution in [-0.4, -0.2) is 26.3 Å². The van der Waals surface area contributed by atoms with E-state index in [9.17, 15) is 4.79 Å². The average Bonchev–Trinajstić information content (AvgIpc) is 3.10. The molecular formula is C20H18N4OS. The molecule has 1 N–H and O–H groups in total. The maximum absolute atomic E-state index is 12.3. The molecule has 0 aliphatic carbocycles. The maximum Gasteiger partial charge on any atom is 0.230 e. The molecule has 0 spiro atoms. The number of nitrogens with one attached hydrogen (secondary N) is 1. The third-order valence-electron chi connectivity index (χ3n) is 4.20. The van der Waals surface area contributed by atoms with E-state index in [1.165, 1.54) is 22.5 Å². The van der Waals surface area contributed by atoms with Gasteiger partial charge in [-0.1, -0.05) is 36.4 Å². The molecule has 0 saturated carbocycles. The summed E-state index contributed by atoms with van der Waals surface area (Å²) < 4.78 is 1.89. The number of benzene rings is 2. The van der Waals surface area contributed by atoms with Gasteiger partial charge in [0, 0.05) is 11.1 Å². The molecule has 1 unspecified atom stereocenters. The van der Waals surface area contributed by atoms with E-state index in [0.717, 1.165) is 16.4 Å². The molecule has 26 heavy (non-hydrogen) atoms. The van der Waals surface area contributed by atoms with Gasteiger partial charge in [0.1, 0.15) is 0 Å². The predicted octanol–water partition coefficient (Wildman–Crippen LogP) is 3.85. The van der Waals surface area contributed by atoms with E-state index in [1.54, 1.807) is 0 Å². The number of pyridine rings is 1. The highest BCUT2D eigenvalue weighted by Crippen LogP contribution is 2.23. The van der Waals surface area contributed by atoms with E-state index in [1.807, 2.05) is 47.9 Å². The molecule has 0 aliphatic heterocycles. The highest BCUT2D eigenvalue weighted by molar-refractivity contribution is 8.00. The SMILES string of the molecule is CC(NC(=O)CSc1ccc2ccccc2c1)c1nnc2ccccn12. The number of carbonyl (C=O) groups excluding carboxylic acids is 1. The predicted molar refractivity (Wildman–Crippen MR) is 104 cm³/mol. The van der Waals surface area contributed by atoms with Crippen molar-refractivity contribution in [2.24, 2.45) is 0 Å². The van der Waals surface area contributed by atoms with E-state index in [2.05, 4.69) is 45.8 Å². The van der Waals surface area contributed by atoms with Crippen molar-refractivity contribution < 1.29 is 4.79 Å². The summed E-state index contributed by atoms with van der Waals surface area (Å²) >= 11 is 1.53. The quantitative estimate of drug-likeness (QED) is 0.548. The minimum atomic E-state index is -0.211. The lowest BCUT2D eigenvalue weighted by Crippen LogP contribution is -2.29. The molecule has 0 saturated heterocycles. The van der Waals surface area contributed by atoms with Crippen LogP contribution in [0.1, 0.15) is 18.8 Å². The Bertz CT molecular complexity index is 1080. The first-order valence-electron chi connectivity index (χ1n) is 8.41. The summed E-state index contributed by atoms with van der Waals surface area (Å²) in [6.07, 6.45) is 1.90. The second kappa shape index (κ2) is 7.17. The Hall–Kier alpha value is -2.86. The fourth-order valence-corrected chi connectivity index (χ4v) is 3.66. The van der Waals surface area contributed by atoms with Crippen LogP contribution in [0.25, 0.3) is 16.4 Å². The van der Waals surface area contributed by atoms with Gasteiger partial charge in [-0.25, -0.2) is 0 Å². The molecule has 1 amide bonds. The minimum Gasteiger partial charge on any atom is -0.346 e. The lowest BCUT2D eigenvalue weighted by molar-refractivity contribution is -0.119. The fourth-order valence-electron chi connectivity index (χ4n) is 2.91. The summed E-state index contributed by atoms with van der Waals surface area (Å²) in [6, 6.07) is 20.0. The summed E-state index contributed by atoms with van der Waals surface area (Å²) in [5.41, 5.74) is 0.772. The van der Waals surface area contributed by atoms with Gasteiger partial charge >= 0.3 is 0 Å². The van der Waals surface area contributed by atoms with Crippen LogP contribution in [0.15, 0.2) is 71.8 Å². The van der Waals surface area contributed by atoms with E-state index in [0.29, 0.717) is 5.75 Å². The molecular weight excluding hydrogens is 344 g/mol. The van der Waals surface area contributed by atoms with Crippen LogP contribution in [-0.2, 0) is 4.79 Å². The first-order valence-corrected chi connectivity index (χ1v) is 9.40. The van der Waals surface area contributed by atoms with Gasteiger partial charge in [0.25, 0.3) is 0 Å². The first kappa shape index (κ1) is 16.6. The van der Waals surface area contributed by atoms with Crippen molar-refractivity contribution in [3.8, 4) is 0 Å². The van der Waals surface area contributed by atoms with Gasteiger partial charge in [0.05, 0.1) is 11.8 Å². The van der Waals surface area contributed by atoms with Gasteiger partial charge in [-0.15, -0.1) is 22.0 Å². The zero-order chi connectivity index (χ0) is 17.9. The minimum absolute atomic E-state index is 0.0247. The molecule has 4 rings (SSSR count). The number of fused-ring (bicyclic) bond motifs is 2. The highest BCUT2D eigenvalue weighted by atomic mass is 32.2. The lowest BCUT2D eigenvalue weighted by Gasteiger charge is -2.12. The smallest absolute Gasteiger partial charge is 0.230 e. The highest BCUT2D eigenvalue weighted by Gasteiger charge is 2.15. The van der Waals surface area contributed by atoms with Crippen LogP contribution in [0.3, 0.4) is 0 Å². The number of hydrogen-bond donors (Lipinski definition) is 1. The number of thioether (sulfide) groups is 1. The Labute approximate surface area is 155 Å². The Morgan fingerprint density at radius 3 is 2.77 bits per heavy atom. The van der Waals surface area contributed by atoms with Crippen molar-refractivity contribution in [2.75, 3.05) is 5.75 Å². The number of hydrogen-bond acceptors (Lipinski definition) is 4. The van der Waals surface area contributed by atoms with E-state index in [4.69, 9.17) is 0 Å². The van der Waals surface area contributed by atoms with Crippen molar-refractivity contribution >= 4 is 34.1 Å². The Morgan fingerprint density at radius 2 is 1.88 bits per heavy atom. The Kier molecular flexibility index (Phi) is 4.58. The molecule has 6 heteroatoms. The monoisotopic (exact) mass is 362 g/mol. The summed E-state index contributed by atoms with van der Waals surface area (Å²) in [5.74, 6) is 1.06. The molecule has 130 valence electrons. The van der Waals surface area contributed by atoms with Crippen molar-refractivity contribution in [1.82, 2.24) is 19.9 Å². The zero-order valence-electron chi connectivity index (χ0n) is 14.3. The van der Waals surface area contributed by atoms with Crippen LogP contribution < -0.4 is 5.32 Å². The van der Waals surface area contributed by atoms with Gasteiger partial charge in [-0.05, 0) is 42.0 Å². The van der Waals surface area contributed by atoms with Crippen LogP contribution in [0.2, 0.25) is 0 Å². The van der Waals surface area contributed by atoms with Crippen molar-refractivity contribution in [3.05, 3.63) is 72.7 Å². The van der Waals surface area contributed by atoms with E-state index in [-0.39, 0.29) is 11.9 Å². The third kappa shape index (κ3) is 3.41. The first-order chi connectivity index (χ1) is 12.7. The number of carbonyl (C=O) groups is 1. The van der Waals surface area contributed by atoms with E-state index < -0.39 is 0 Å². The Morgan fingerprint density at radius 1 is 1.08 bits per heavy atom. The van der Waals surface area contributed by atoms with Gasteiger partial charge in [-0.2, -0.15) is 0 Å². The van der Waals surface area contributed by atoms with Crippen LogP contribution in [0, 0.1) is 0 Å². The second-order valence-electron chi connectivity index (χ2n) is 6.07. The van der Waals surface area contributed by atoms with Crippen LogP contribution in [0.4, 0.5) is 0 Å². The van der Waals surface area contributed by atoms with Crippen molar-refractivity contribution in [2.45, 2.75) is 17.9 Å². The van der Waals surface area contributed by atoms with Gasteiger partial charge < -0.3 is 5.32 Å². The molecule has 2 heterocycles. The fraction of sp³-hybridized carbons (Fsp3) is 0.150. The number of amides is 1. The topological polar surface area (TPSA) is 59.3 Å². The number of aromatic nitrogens is 3. The molecule has 0 fully saturated rings. The number of rotatable bonds is 5.